The van der Waals surface area contributed by atoms with Crippen LogP contribution in [0.1, 0.15) is 59.1 Å². The van der Waals surface area contributed by atoms with Gasteiger partial charge in [-0.25, -0.2) is 0 Å². The van der Waals surface area contributed by atoms with E-state index in [1.54, 1.807) is 0 Å². The number of benzene rings is 1. The van der Waals surface area contributed by atoms with Gasteiger partial charge in [-0.1, -0.05) is 44.2 Å². The van der Waals surface area contributed by atoms with Crippen molar-refractivity contribution in [2.45, 2.75) is 59.1 Å². The molecule has 0 aliphatic heterocycles. The lowest BCUT2D eigenvalue weighted by molar-refractivity contribution is 0.0446. The van der Waals surface area contributed by atoms with Crippen LogP contribution in [-0.2, 0) is 4.74 Å². The average molecular weight is 277 g/mol. The SMILES string of the molecule is CC(C)CCCOC(CNC(C)(C)C)c1ccccc1. The third-order valence-electron chi connectivity index (χ3n) is 3.23. The van der Waals surface area contributed by atoms with Crippen molar-refractivity contribution >= 4 is 0 Å². The standard InChI is InChI=1S/C18H31NO/c1-15(2)10-9-13-20-17(14-19-18(3,4)5)16-11-7-6-8-12-16/h6-8,11-12,15,17,19H,9-10,13-14H2,1-5H3. The van der Waals surface area contributed by atoms with Crippen LogP contribution in [0.5, 0.6) is 0 Å². The molecule has 0 fully saturated rings. The first-order valence-corrected chi connectivity index (χ1v) is 7.80. The number of rotatable bonds is 8. The van der Waals surface area contributed by atoms with E-state index in [4.69, 9.17) is 4.74 Å². The first kappa shape index (κ1) is 17.2. The zero-order valence-electron chi connectivity index (χ0n) is 13.8. The van der Waals surface area contributed by atoms with Crippen LogP contribution in [0.2, 0.25) is 0 Å². The van der Waals surface area contributed by atoms with Gasteiger partial charge in [-0.3, -0.25) is 0 Å². The van der Waals surface area contributed by atoms with E-state index in [9.17, 15) is 0 Å². The molecule has 1 aromatic carbocycles. The molecule has 0 aliphatic carbocycles. The lowest BCUT2D eigenvalue weighted by Crippen LogP contribution is -2.39. The fourth-order valence-corrected chi connectivity index (χ4v) is 2.06. The van der Waals surface area contributed by atoms with Gasteiger partial charge in [-0.15, -0.1) is 0 Å². The summed E-state index contributed by atoms with van der Waals surface area (Å²) in [5, 5.41) is 3.55. The van der Waals surface area contributed by atoms with Gasteiger partial charge >= 0.3 is 0 Å². The summed E-state index contributed by atoms with van der Waals surface area (Å²) >= 11 is 0. The first-order valence-electron chi connectivity index (χ1n) is 7.80. The quantitative estimate of drug-likeness (QED) is 0.703. The smallest absolute Gasteiger partial charge is 0.0949 e. The van der Waals surface area contributed by atoms with E-state index >= 15 is 0 Å². The number of ether oxygens (including phenoxy) is 1. The third kappa shape index (κ3) is 7.66. The maximum Gasteiger partial charge on any atom is 0.0949 e. The Morgan fingerprint density at radius 1 is 1.10 bits per heavy atom. The molecule has 0 spiro atoms. The lowest BCUT2D eigenvalue weighted by atomic mass is 10.1. The fourth-order valence-electron chi connectivity index (χ4n) is 2.06. The van der Waals surface area contributed by atoms with Gasteiger partial charge < -0.3 is 10.1 Å². The molecule has 0 bridgehead atoms. The van der Waals surface area contributed by atoms with Crippen LogP contribution in [-0.4, -0.2) is 18.7 Å². The van der Waals surface area contributed by atoms with Crippen LogP contribution in [0.4, 0.5) is 0 Å². The van der Waals surface area contributed by atoms with E-state index in [0.717, 1.165) is 25.5 Å². The Balaban J connectivity index is 2.51. The Bertz CT molecular complexity index is 353. The Morgan fingerprint density at radius 2 is 1.75 bits per heavy atom. The molecule has 0 amide bonds. The second-order valence-corrected chi connectivity index (χ2v) is 6.94. The van der Waals surface area contributed by atoms with Crippen molar-refractivity contribution in [1.29, 1.82) is 0 Å². The molecule has 0 radical (unpaired) electrons. The second-order valence-electron chi connectivity index (χ2n) is 6.94. The zero-order chi connectivity index (χ0) is 15.0. The lowest BCUT2D eigenvalue weighted by Gasteiger charge is -2.26. The molecule has 0 saturated heterocycles. The third-order valence-corrected chi connectivity index (χ3v) is 3.23. The largest absolute Gasteiger partial charge is 0.372 e. The molecule has 1 atom stereocenters. The van der Waals surface area contributed by atoms with Gasteiger partial charge in [0.1, 0.15) is 0 Å². The van der Waals surface area contributed by atoms with Crippen molar-refractivity contribution in [3.05, 3.63) is 35.9 Å². The van der Waals surface area contributed by atoms with Crippen molar-refractivity contribution < 1.29 is 4.74 Å². The van der Waals surface area contributed by atoms with Crippen LogP contribution < -0.4 is 5.32 Å². The predicted molar refractivity (Wildman–Crippen MR) is 87.0 cm³/mol. The summed E-state index contributed by atoms with van der Waals surface area (Å²) in [7, 11) is 0. The van der Waals surface area contributed by atoms with Crippen molar-refractivity contribution in [2.24, 2.45) is 5.92 Å². The molecule has 0 saturated carbocycles. The molecular formula is C18H31NO. The van der Waals surface area contributed by atoms with Crippen molar-refractivity contribution in [3.63, 3.8) is 0 Å². The van der Waals surface area contributed by atoms with E-state index in [1.807, 2.05) is 0 Å². The molecule has 0 aliphatic rings. The highest BCUT2D eigenvalue weighted by molar-refractivity contribution is 5.18. The highest BCUT2D eigenvalue weighted by Gasteiger charge is 2.16. The highest BCUT2D eigenvalue weighted by atomic mass is 16.5. The minimum Gasteiger partial charge on any atom is -0.372 e. The van der Waals surface area contributed by atoms with Gasteiger partial charge in [-0.05, 0) is 45.1 Å². The predicted octanol–water partition coefficient (Wildman–Crippen LogP) is 4.57. The van der Waals surface area contributed by atoms with Crippen LogP contribution in [0.25, 0.3) is 0 Å². The molecule has 0 aromatic heterocycles. The summed E-state index contributed by atoms with van der Waals surface area (Å²) < 4.78 is 6.11. The van der Waals surface area contributed by atoms with Gasteiger partial charge in [0, 0.05) is 18.7 Å². The van der Waals surface area contributed by atoms with Gasteiger partial charge in [0.2, 0.25) is 0 Å². The average Bonchev–Trinajstić information content (AvgIpc) is 2.37. The van der Waals surface area contributed by atoms with Crippen LogP contribution in [0.3, 0.4) is 0 Å². The fraction of sp³-hybridized carbons (Fsp3) is 0.667. The van der Waals surface area contributed by atoms with Crippen LogP contribution in [0.15, 0.2) is 30.3 Å². The number of nitrogens with one attached hydrogen (secondary N) is 1. The highest BCUT2D eigenvalue weighted by Crippen LogP contribution is 2.18. The molecule has 1 aromatic rings. The molecule has 1 unspecified atom stereocenters. The van der Waals surface area contributed by atoms with E-state index in [-0.39, 0.29) is 11.6 Å². The Kier molecular flexibility index (Phi) is 7.25. The molecule has 2 nitrogen and oxygen atoms in total. The van der Waals surface area contributed by atoms with Crippen LogP contribution >= 0.6 is 0 Å². The van der Waals surface area contributed by atoms with Crippen molar-refractivity contribution in [3.8, 4) is 0 Å². The van der Waals surface area contributed by atoms with Gasteiger partial charge in [0.15, 0.2) is 0 Å². The van der Waals surface area contributed by atoms with E-state index in [1.165, 1.54) is 12.0 Å². The van der Waals surface area contributed by atoms with Crippen molar-refractivity contribution in [1.82, 2.24) is 5.32 Å². The molecule has 0 heterocycles. The minimum absolute atomic E-state index is 0.119. The summed E-state index contributed by atoms with van der Waals surface area (Å²) in [6, 6.07) is 10.5. The minimum atomic E-state index is 0.119. The maximum atomic E-state index is 6.11. The van der Waals surface area contributed by atoms with Crippen LogP contribution in [0, 0.1) is 5.92 Å². The Hall–Kier alpha value is -0.860. The van der Waals surface area contributed by atoms with Gasteiger partial charge in [0.05, 0.1) is 6.10 Å². The summed E-state index contributed by atoms with van der Waals surface area (Å²) in [6.07, 6.45) is 2.51. The Morgan fingerprint density at radius 3 is 2.30 bits per heavy atom. The molecule has 1 N–H and O–H groups in total. The summed E-state index contributed by atoms with van der Waals surface area (Å²) in [5.74, 6) is 0.751. The Labute approximate surface area is 124 Å². The topological polar surface area (TPSA) is 21.3 Å². The molecule has 20 heavy (non-hydrogen) atoms. The molecule has 2 heteroatoms. The van der Waals surface area contributed by atoms with E-state index < -0.39 is 0 Å². The van der Waals surface area contributed by atoms with Gasteiger partial charge in [0.25, 0.3) is 0 Å². The molecular weight excluding hydrogens is 246 g/mol. The summed E-state index contributed by atoms with van der Waals surface area (Å²) in [6.45, 7) is 12.8. The number of hydrogen-bond acceptors (Lipinski definition) is 2. The van der Waals surface area contributed by atoms with E-state index in [2.05, 4.69) is 70.3 Å². The normalized spacial score (nSPS) is 13.7. The van der Waals surface area contributed by atoms with Gasteiger partial charge in [-0.2, -0.15) is 0 Å². The van der Waals surface area contributed by atoms with Crippen molar-refractivity contribution in [2.75, 3.05) is 13.2 Å². The monoisotopic (exact) mass is 277 g/mol. The second kappa shape index (κ2) is 8.43. The molecule has 1 rings (SSSR count). The zero-order valence-corrected chi connectivity index (χ0v) is 13.8. The summed E-state index contributed by atoms with van der Waals surface area (Å²) in [5.41, 5.74) is 1.38. The maximum absolute atomic E-state index is 6.11. The number of hydrogen-bond donors (Lipinski definition) is 1. The van der Waals surface area contributed by atoms with E-state index in [0.29, 0.717) is 0 Å². The summed E-state index contributed by atoms with van der Waals surface area (Å²) in [4.78, 5) is 0. The first-order chi connectivity index (χ1) is 9.38. The molecule has 114 valence electrons.